The topological polar surface area (TPSA) is 47.6 Å². The minimum absolute atomic E-state index is 0. The van der Waals surface area contributed by atoms with Crippen molar-refractivity contribution in [2.24, 2.45) is 0 Å². The molecule has 0 saturated heterocycles. The van der Waals surface area contributed by atoms with Gasteiger partial charge in [-0.2, -0.15) is 0 Å². The van der Waals surface area contributed by atoms with Crippen molar-refractivity contribution in [3.63, 3.8) is 0 Å². The standard InChI is InChI=1S/C18H19NO3.ClH/c1-2-21-18(20)14-5-3-13(4-6-14)15-7-8-17-16(11-15)12-19-9-10-22-17;/h3-8,11,19H,2,9-10,12H2,1H3;1H. The number of ether oxygens (including phenoxy) is 2. The molecule has 4 nitrogen and oxygen atoms in total. The van der Waals surface area contributed by atoms with Crippen molar-refractivity contribution < 1.29 is 14.3 Å². The highest BCUT2D eigenvalue weighted by Crippen LogP contribution is 2.28. The molecule has 1 aliphatic heterocycles. The molecule has 1 aliphatic rings. The average Bonchev–Trinajstić information content (AvgIpc) is 2.80. The molecule has 0 unspecified atom stereocenters. The Hall–Kier alpha value is -2.04. The molecule has 0 spiro atoms. The molecule has 0 amide bonds. The zero-order valence-electron chi connectivity index (χ0n) is 13.0. The number of fused-ring (bicyclic) bond motifs is 1. The summed E-state index contributed by atoms with van der Waals surface area (Å²) in [5, 5.41) is 3.33. The number of rotatable bonds is 3. The van der Waals surface area contributed by atoms with Crippen molar-refractivity contribution in [3.05, 3.63) is 53.6 Å². The van der Waals surface area contributed by atoms with Crippen LogP contribution in [-0.4, -0.2) is 25.7 Å². The van der Waals surface area contributed by atoms with E-state index in [1.807, 2.05) is 24.3 Å². The Kier molecular flexibility index (Phi) is 6.02. The highest BCUT2D eigenvalue weighted by Gasteiger charge is 2.11. The smallest absolute Gasteiger partial charge is 0.338 e. The van der Waals surface area contributed by atoms with Crippen LogP contribution in [0.2, 0.25) is 0 Å². The second-order valence-corrected chi connectivity index (χ2v) is 5.15. The number of benzene rings is 2. The third-order valence-electron chi connectivity index (χ3n) is 3.64. The summed E-state index contributed by atoms with van der Waals surface area (Å²) in [6, 6.07) is 13.7. The summed E-state index contributed by atoms with van der Waals surface area (Å²) in [5.74, 6) is 0.658. The Labute approximate surface area is 142 Å². The minimum atomic E-state index is -0.284. The average molecular weight is 334 g/mol. The van der Waals surface area contributed by atoms with E-state index in [1.54, 1.807) is 19.1 Å². The maximum Gasteiger partial charge on any atom is 0.338 e. The molecule has 0 bridgehead atoms. The van der Waals surface area contributed by atoms with Gasteiger partial charge in [-0.05, 0) is 42.3 Å². The minimum Gasteiger partial charge on any atom is -0.492 e. The third-order valence-corrected chi connectivity index (χ3v) is 3.64. The van der Waals surface area contributed by atoms with Crippen LogP contribution >= 0.6 is 12.4 Å². The van der Waals surface area contributed by atoms with Gasteiger partial charge < -0.3 is 14.8 Å². The van der Waals surface area contributed by atoms with E-state index in [9.17, 15) is 4.79 Å². The highest BCUT2D eigenvalue weighted by molar-refractivity contribution is 5.90. The van der Waals surface area contributed by atoms with E-state index in [2.05, 4.69) is 11.4 Å². The van der Waals surface area contributed by atoms with Crippen LogP contribution in [0.1, 0.15) is 22.8 Å². The monoisotopic (exact) mass is 333 g/mol. The van der Waals surface area contributed by atoms with Crippen LogP contribution in [-0.2, 0) is 11.3 Å². The van der Waals surface area contributed by atoms with E-state index in [0.717, 1.165) is 35.5 Å². The van der Waals surface area contributed by atoms with Crippen LogP contribution in [0, 0.1) is 0 Å². The van der Waals surface area contributed by atoms with Crippen molar-refractivity contribution >= 4 is 18.4 Å². The molecule has 1 N–H and O–H groups in total. The van der Waals surface area contributed by atoms with Gasteiger partial charge >= 0.3 is 5.97 Å². The van der Waals surface area contributed by atoms with E-state index in [1.165, 1.54) is 0 Å². The first-order valence-electron chi connectivity index (χ1n) is 7.52. The van der Waals surface area contributed by atoms with Gasteiger partial charge in [0.2, 0.25) is 0 Å². The summed E-state index contributed by atoms with van der Waals surface area (Å²) >= 11 is 0. The molecule has 122 valence electrons. The van der Waals surface area contributed by atoms with Crippen molar-refractivity contribution in [3.8, 4) is 16.9 Å². The van der Waals surface area contributed by atoms with Crippen LogP contribution in [0.25, 0.3) is 11.1 Å². The molecule has 0 aliphatic carbocycles. The lowest BCUT2D eigenvalue weighted by Crippen LogP contribution is -2.16. The van der Waals surface area contributed by atoms with E-state index < -0.39 is 0 Å². The second kappa shape index (κ2) is 7.99. The van der Waals surface area contributed by atoms with Crippen molar-refractivity contribution in [1.29, 1.82) is 0 Å². The number of esters is 1. The number of nitrogens with one attached hydrogen (secondary N) is 1. The fourth-order valence-electron chi connectivity index (χ4n) is 2.51. The van der Waals surface area contributed by atoms with Gasteiger partial charge in [0.05, 0.1) is 12.2 Å². The summed E-state index contributed by atoms with van der Waals surface area (Å²) < 4.78 is 10.7. The van der Waals surface area contributed by atoms with E-state index in [0.29, 0.717) is 18.8 Å². The molecule has 0 radical (unpaired) electrons. The summed E-state index contributed by atoms with van der Waals surface area (Å²) in [5.41, 5.74) is 3.91. The molecular formula is C18H20ClNO3. The lowest BCUT2D eigenvalue weighted by Gasteiger charge is -2.10. The molecule has 1 heterocycles. The largest absolute Gasteiger partial charge is 0.492 e. The van der Waals surface area contributed by atoms with Crippen LogP contribution in [0.5, 0.6) is 5.75 Å². The number of carbonyl (C=O) groups is 1. The van der Waals surface area contributed by atoms with E-state index in [-0.39, 0.29) is 18.4 Å². The molecule has 5 heteroatoms. The van der Waals surface area contributed by atoms with Crippen LogP contribution in [0.4, 0.5) is 0 Å². The number of hydrogen-bond acceptors (Lipinski definition) is 4. The normalized spacial score (nSPS) is 13.1. The zero-order valence-corrected chi connectivity index (χ0v) is 13.8. The molecule has 0 saturated carbocycles. The first-order chi connectivity index (χ1) is 10.8. The van der Waals surface area contributed by atoms with E-state index >= 15 is 0 Å². The zero-order chi connectivity index (χ0) is 15.4. The van der Waals surface area contributed by atoms with Gasteiger partial charge in [0.1, 0.15) is 12.4 Å². The van der Waals surface area contributed by atoms with E-state index in [4.69, 9.17) is 9.47 Å². The van der Waals surface area contributed by atoms with Gasteiger partial charge in [-0.1, -0.05) is 18.2 Å². The Morgan fingerprint density at radius 2 is 1.91 bits per heavy atom. The molecule has 3 rings (SSSR count). The number of hydrogen-bond donors (Lipinski definition) is 1. The number of carbonyl (C=O) groups excluding carboxylic acids is 1. The summed E-state index contributed by atoms with van der Waals surface area (Å²) in [7, 11) is 0. The van der Waals surface area contributed by atoms with Gasteiger partial charge in [-0.3, -0.25) is 0 Å². The molecular weight excluding hydrogens is 314 g/mol. The van der Waals surface area contributed by atoms with Crippen molar-refractivity contribution in [2.45, 2.75) is 13.5 Å². The fraction of sp³-hybridized carbons (Fsp3) is 0.278. The Balaban J connectivity index is 0.00000192. The van der Waals surface area contributed by atoms with Gasteiger partial charge in [0.15, 0.2) is 0 Å². The van der Waals surface area contributed by atoms with Gasteiger partial charge in [-0.15, -0.1) is 12.4 Å². The highest BCUT2D eigenvalue weighted by atomic mass is 35.5. The fourth-order valence-corrected chi connectivity index (χ4v) is 2.51. The molecule has 0 fully saturated rings. The lowest BCUT2D eigenvalue weighted by atomic mass is 10.0. The predicted octanol–water partition coefficient (Wildman–Crippen LogP) is 3.43. The van der Waals surface area contributed by atoms with Crippen molar-refractivity contribution in [1.82, 2.24) is 5.32 Å². The molecule has 0 atom stereocenters. The van der Waals surface area contributed by atoms with Crippen LogP contribution in [0.3, 0.4) is 0 Å². The Morgan fingerprint density at radius 3 is 2.65 bits per heavy atom. The summed E-state index contributed by atoms with van der Waals surface area (Å²) in [4.78, 5) is 11.7. The maximum absolute atomic E-state index is 11.7. The van der Waals surface area contributed by atoms with Crippen LogP contribution in [0.15, 0.2) is 42.5 Å². The maximum atomic E-state index is 11.7. The Morgan fingerprint density at radius 1 is 1.17 bits per heavy atom. The Bertz CT molecular complexity index is 670. The van der Waals surface area contributed by atoms with Crippen molar-refractivity contribution in [2.75, 3.05) is 19.8 Å². The molecule has 0 aromatic heterocycles. The third kappa shape index (κ3) is 4.03. The van der Waals surface area contributed by atoms with Gasteiger partial charge in [-0.25, -0.2) is 4.79 Å². The molecule has 2 aromatic carbocycles. The van der Waals surface area contributed by atoms with Gasteiger partial charge in [0, 0.05) is 18.7 Å². The summed E-state index contributed by atoms with van der Waals surface area (Å²) in [6.07, 6.45) is 0. The quantitative estimate of drug-likeness (QED) is 0.874. The van der Waals surface area contributed by atoms with Gasteiger partial charge in [0.25, 0.3) is 0 Å². The second-order valence-electron chi connectivity index (χ2n) is 5.15. The first-order valence-corrected chi connectivity index (χ1v) is 7.52. The lowest BCUT2D eigenvalue weighted by molar-refractivity contribution is 0.0526. The summed E-state index contributed by atoms with van der Waals surface area (Å²) in [6.45, 7) is 4.55. The first kappa shape index (κ1) is 17.3. The predicted molar refractivity (Wildman–Crippen MR) is 92.3 cm³/mol. The molecule has 23 heavy (non-hydrogen) atoms. The molecule has 2 aromatic rings. The number of halogens is 1. The SMILES string of the molecule is CCOC(=O)c1ccc(-c2ccc3c(c2)CNCCO3)cc1.Cl. The van der Waals surface area contributed by atoms with Crippen LogP contribution < -0.4 is 10.1 Å².